The number of amides is 1. The topological polar surface area (TPSA) is 99.2 Å². The number of hydrazine groups is 1. The number of nitriles is 1. The van der Waals surface area contributed by atoms with Gasteiger partial charge in [-0.2, -0.15) is 5.26 Å². The number of carbonyl (C=O) groups excluding carboxylic acids is 2. The fourth-order valence-corrected chi connectivity index (χ4v) is 4.51. The third kappa shape index (κ3) is 3.88. The number of nitrogens with zero attached hydrogens (tertiary/aromatic N) is 2. The molecule has 3 N–H and O–H groups in total. The molecule has 1 amide bonds. The average molecular weight is 447 g/mol. The molecule has 2 aromatic carbocycles. The van der Waals surface area contributed by atoms with Gasteiger partial charge in [-0.25, -0.2) is 5.01 Å². The molecule has 1 unspecified atom stereocenters. The van der Waals surface area contributed by atoms with E-state index in [1.807, 2.05) is 44.2 Å². The SMILES string of the molecule is CC1(C)CC(=O)C2=C(C1)N(NC(=O)c1ccc(Cl)cc1)C(N)=C(C#N)C2c1ccccc1. The Balaban J connectivity index is 1.84. The number of hydrogen-bond donors (Lipinski definition) is 2. The predicted octanol–water partition coefficient (Wildman–Crippen LogP) is 4.42. The second-order valence-corrected chi connectivity index (χ2v) is 9.28. The van der Waals surface area contributed by atoms with Crippen LogP contribution in [0.4, 0.5) is 0 Å². The molecular weight excluding hydrogens is 424 g/mol. The Morgan fingerprint density at radius 2 is 1.81 bits per heavy atom. The second-order valence-electron chi connectivity index (χ2n) is 8.84. The minimum Gasteiger partial charge on any atom is -0.383 e. The van der Waals surface area contributed by atoms with Crippen LogP contribution in [0.1, 0.15) is 48.5 Å². The number of carbonyl (C=O) groups is 2. The van der Waals surface area contributed by atoms with E-state index in [1.165, 1.54) is 5.01 Å². The molecule has 0 bridgehead atoms. The van der Waals surface area contributed by atoms with E-state index in [1.54, 1.807) is 24.3 Å². The van der Waals surface area contributed by atoms with E-state index in [0.717, 1.165) is 5.56 Å². The highest BCUT2D eigenvalue weighted by atomic mass is 35.5. The number of nitrogens with one attached hydrogen (secondary N) is 1. The number of benzene rings is 2. The Labute approximate surface area is 191 Å². The highest BCUT2D eigenvalue weighted by Gasteiger charge is 2.44. The predicted molar refractivity (Wildman–Crippen MR) is 122 cm³/mol. The van der Waals surface area contributed by atoms with Crippen LogP contribution in [0.3, 0.4) is 0 Å². The van der Waals surface area contributed by atoms with Crippen molar-refractivity contribution >= 4 is 23.3 Å². The first-order valence-corrected chi connectivity index (χ1v) is 10.7. The third-order valence-corrected chi connectivity index (χ3v) is 6.09. The van der Waals surface area contributed by atoms with Crippen LogP contribution in [-0.2, 0) is 4.79 Å². The lowest BCUT2D eigenvalue weighted by Gasteiger charge is -2.43. The number of hydrogen-bond acceptors (Lipinski definition) is 5. The molecule has 4 rings (SSSR count). The monoisotopic (exact) mass is 446 g/mol. The Morgan fingerprint density at radius 3 is 2.44 bits per heavy atom. The minimum absolute atomic E-state index is 0.0453. The number of allylic oxidation sites excluding steroid dienone is 3. The maximum Gasteiger partial charge on any atom is 0.270 e. The summed E-state index contributed by atoms with van der Waals surface area (Å²) in [6.45, 7) is 4.01. The number of ketones is 1. The molecule has 0 radical (unpaired) electrons. The first-order valence-electron chi connectivity index (χ1n) is 10.3. The second kappa shape index (κ2) is 8.18. The Hall–Kier alpha value is -3.56. The molecule has 0 aromatic heterocycles. The van der Waals surface area contributed by atoms with Crippen LogP contribution in [0.25, 0.3) is 0 Å². The zero-order valence-electron chi connectivity index (χ0n) is 17.9. The van der Waals surface area contributed by atoms with Gasteiger partial charge in [-0.15, -0.1) is 0 Å². The summed E-state index contributed by atoms with van der Waals surface area (Å²) in [5.74, 6) is -0.907. The molecule has 0 fully saturated rings. The fraction of sp³-hybridized carbons (Fsp3) is 0.240. The third-order valence-electron chi connectivity index (χ3n) is 5.83. The molecule has 6 nitrogen and oxygen atoms in total. The molecule has 0 saturated carbocycles. The largest absolute Gasteiger partial charge is 0.383 e. The minimum atomic E-state index is -0.566. The normalized spacial score (nSPS) is 20.0. The lowest BCUT2D eigenvalue weighted by molar-refractivity contribution is -0.118. The number of nitrogens with two attached hydrogens (primary N) is 1. The molecule has 7 heteroatoms. The maximum absolute atomic E-state index is 13.4. The summed E-state index contributed by atoms with van der Waals surface area (Å²) in [7, 11) is 0. The van der Waals surface area contributed by atoms with E-state index >= 15 is 0 Å². The lowest BCUT2D eigenvalue weighted by Crippen LogP contribution is -2.49. The van der Waals surface area contributed by atoms with Gasteiger partial charge in [0.15, 0.2) is 5.78 Å². The molecule has 1 aliphatic carbocycles. The van der Waals surface area contributed by atoms with Gasteiger partial charge in [0, 0.05) is 22.6 Å². The van der Waals surface area contributed by atoms with E-state index in [0.29, 0.717) is 34.7 Å². The molecule has 2 aliphatic rings. The van der Waals surface area contributed by atoms with Crippen molar-refractivity contribution in [2.45, 2.75) is 32.6 Å². The van der Waals surface area contributed by atoms with Crippen LogP contribution in [0, 0.1) is 16.7 Å². The van der Waals surface area contributed by atoms with Crippen LogP contribution < -0.4 is 11.2 Å². The van der Waals surface area contributed by atoms with Crippen molar-refractivity contribution in [2.24, 2.45) is 11.1 Å². The lowest BCUT2D eigenvalue weighted by atomic mass is 9.69. The first-order chi connectivity index (χ1) is 15.2. The van der Waals surface area contributed by atoms with Gasteiger partial charge in [0.05, 0.1) is 23.3 Å². The molecule has 1 atom stereocenters. The molecule has 0 spiro atoms. The van der Waals surface area contributed by atoms with Gasteiger partial charge in [-0.05, 0) is 41.7 Å². The van der Waals surface area contributed by atoms with Gasteiger partial charge >= 0.3 is 0 Å². The van der Waals surface area contributed by atoms with Crippen molar-refractivity contribution in [1.82, 2.24) is 10.4 Å². The molecule has 32 heavy (non-hydrogen) atoms. The van der Waals surface area contributed by atoms with E-state index in [-0.39, 0.29) is 22.6 Å². The molecule has 1 aliphatic heterocycles. The van der Waals surface area contributed by atoms with Gasteiger partial charge in [0.25, 0.3) is 5.91 Å². The molecule has 0 saturated heterocycles. The van der Waals surface area contributed by atoms with Crippen LogP contribution in [-0.4, -0.2) is 16.7 Å². The summed E-state index contributed by atoms with van der Waals surface area (Å²) in [5, 5.41) is 11.9. The zero-order chi connectivity index (χ0) is 23.0. The standard InChI is InChI=1S/C25H23ClN4O2/c1-25(2)12-19-22(20(31)13-25)21(15-6-4-3-5-7-15)18(14-27)23(28)30(19)29-24(32)16-8-10-17(26)11-9-16/h3-11,21H,12-13,28H2,1-2H3,(H,29,32). The zero-order valence-corrected chi connectivity index (χ0v) is 18.6. The van der Waals surface area contributed by atoms with Gasteiger partial charge in [0.1, 0.15) is 5.82 Å². The Bertz CT molecular complexity index is 1190. The summed E-state index contributed by atoms with van der Waals surface area (Å²) in [5.41, 5.74) is 11.5. The summed E-state index contributed by atoms with van der Waals surface area (Å²) in [6.07, 6.45) is 0.879. The average Bonchev–Trinajstić information content (AvgIpc) is 2.75. The van der Waals surface area contributed by atoms with Crippen molar-refractivity contribution in [3.63, 3.8) is 0 Å². The van der Waals surface area contributed by atoms with E-state index in [4.69, 9.17) is 17.3 Å². The Morgan fingerprint density at radius 1 is 1.16 bits per heavy atom. The molecule has 162 valence electrons. The van der Waals surface area contributed by atoms with Gasteiger partial charge < -0.3 is 5.73 Å². The van der Waals surface area contributed by atoms with Crippen LogP contribution in [0.15, 0.2) is 77.3 Å². The number of halogens is 1. The van der Waals surface area contributed by atoms with Crippen molar-refractivity contribution in [3.8, 4) is 6.07 Å². The maximum atomic E-state index is 13.4. The molecular formula is C25H23ClN4O2. The highest BCUT2D eigenvalue weighted by Crippen LogP contribution is 2.48. The summed E-state index contributed by atoms with van der Waals surface area (Å²) in [4.78, 5) is 26.3. The van der Waals surface area contributed by atoms with Crippen LogP contribution in [0.5, 0.6) is 0 Å². The van der Waals surface area contributed by atoms with Gasteiger partial charge in [-0.3, -0.25) is 15.0 Å². The van der Waals surface area contributed by atoms with E-state index in [2.05, 4.69) is 11.5 Å². The quantitative estimate of drug-likeness (QED) is 0.726. The first kappa shape index (κ1) is 21.7. The van der Waals surface area contributed by atoms with Crippen molar-refractivity contribution in [3.05, 3.63) is 93.4 Å². The number of rotatable bonds is 3. The summed E-state index contributed by atoms with van der Waals surface area (Å²) >= 11 is 5.93. The van der Waals surface area contributed by atoms with E-state index < -0.39 is 11.8 Å². The number of Topliss-reactive ketones (excluding diaryl/α,β-unsaturated/α-hetero) is 1. The molecule has 1 heterocycles. The summed E-state index contributed by atoms with van der Waals surface area (Å²) in [6, 6.07) is 18.0. The molecule has 2 aromatic rings. The van der Waals surface area contributed by atoms with Crippen molar-refractivity contribution in [2.75, 3.05) is 0 Å². The highest BCUT2D eigenvalue weighted by molar-refractivity contribution is 6.30. The van der Waals surface area contributed by atoms with Crippen LogP contribution in [0.2, 0.25) is 5.02 Å². The van der Waals surface area contributed by atoms with Crippen LogP contribution >= 0.6 is 11.6 Å². The van der Waals surface area contributed by atoms with Crippen molar-refractivity contribution in [1.29, 1.82) is 5.26 Å². The smallest absolute Gasteiger partial charge is 0.270 e. The summed E-state index contributed by atoms with van der Waals surface area (Å²) < 4.78 is 0. The van der Waals surface area contributed by atoms with Gasteiger partial charge in [-0.1, -0.05) is 55.8 Å². The van der Waals surface area contributed by atoms with Gasteiger partial charge in [0.2, 0.25) is 0 Å². The van der Waals surface area contributed by atoms with Crippen molar-refractivity contribution < 1.29 is 9.59 Å². The fourth-order valence-electron chi connectivity index (χ4n) is 4.38. The van der Waals surface area contributed by atoms with E-state index in [9.17, 15) is 14.9 Å². The Kier molecular flexibility index (Phi) is 5.53.